The Morgan fingerprint density at radius 2 is 1.91 bits per heavy atom. The third kappa shape index (κ3) is 5.78. The van der Waals surface area contributed by atoms with Gasteiger partial charge in [0.25, 0.3) is 0 Å². The largest absolute Gasteiger partial charge is 0.492 e. The Labute approximate surface area is 196 Å². The van der Waals surface area contributed by atoms with E-state index in [-0.39, 0.29) is 0 Å². The first-order valence-corrected chi connectivity index (χ1v) is 11.9. The maximum atomic E-state index is 5.70. The second-order valence-electron chi connectivity index (χ2n) is 7.66. The van der Waals surface area contributed by atoms with Crippen LogP contribution in [0.2, 0.25) is 0 Å². The molecule has 0 saturated carbocycles. The summed E-state index contributed by atoms with van der Waals surface area (Å²) in [5, 5.41) is 12.1. The van der Waals surface area contributed by atoms with Crippen molar-refractivity contribution in [1.29, 1.82) is 0 Å². The van der Waals surface area contributed by atoms with E-state index in [4.69, 9.17) is 14.5 Å². The molecule has 9 nitrogen and oxygen atoms in total. The lowest BCUT2D eigenvalue weighted by Crippen LogP contribution is -2.39. The second-order valence-corrected chi connectivity index (χ2v) is 8.62. The van der Waals surface area contributed by atoms with Gasteiger partial charge in [0.2, 0.25) is 10.1 Å². The van der Waals surface area contributed by atoms with E-state index < -0.39 is 0 Å². The molecular formula is C23H27N7O2S. The average Bonchev–Trinajstić information content (AvgIpc) is 3.43. The minimum absolute atomic E-state index is 0.565. The molecular weight excluding hydrogens is 438 g/mol. The lowest BCUT2D eigenvalue weighted by molar-refractivity contribution is 0.0398. The predicted octanol–water partition coefficient (Wildman–Crippen LogP) is 3.09. The Morgan fingerprint density at radius 3 is 2.70 bits per heavy atom. The Kier molecular flexibility index (Phi) is 6.95. The van der Waals surface area contributed by atoms with Gasteiger partial charge in [-0.05, 0) is 24.3 Å². The van der Waals surface area contributed by atoms with E-state index >= 15 is 0 Å². The number of hydrogen-bond donors (Lipinski definition) is 2. The van der Waals surface area contributed by atoms with Crippen LogP contribution >= 0.6 is 11.3 Å². The van der Waals surface area contributed by atoms with E-state index in [0.717, 1.165) is 72.3 Å². The standard InChI is InChI=1S/C23H27N7O2S/c1-2-4-19(5-3-1)32-13-9-25-22-28-30-17-20(27-23(30)33-22)18-6-7-21(26-16-18)24-8-10-29-11-14-31-15-12-29/h1-7,16-17H,8-15H2,(H,24,26)(H,25,28). The molecule has 5 rings (SSSR count). The van der Waals surface area contributed by atoms with Crippen LogP contribution in [0.5, 0.6) is 5.75 Å². The number of anilines is 2. The van der Waals surface area contributed by atoms with E-state index in [1.165, 1.54) is 11.3 Å². The van der Waals surface area contributed by atoms with Gasteiger partial charge in [0, 0.05) is 37.9 Å². The Balaban J connectivity index is 1.10. The van der Waals surface area contributed by atoms with Crippen LogP contribution in [0.15, 0.2) is 54.9 Å². The average molecular weight is 466 g/mol. The van der Waals surface area contributed by atoms with Gasteiger partial charge in [0.05, 0.1) is 31.6 Å². The van der Waals surface area contributed by atoms with E-state index in [9.17, 15) is 0 Å². The first-order chi connectivity index (χ1) is 16.3. The van der Waals surface area contributed by atoms with Crippen molar-refractivity contribution in [1.82, 2.24) is 24.5 Å². The molecule has 0 spiro atoms. The first kappa shape index (κ1) is 21.6. The predicted molar refractivity (Wildman–Crippen MR) is 130 cm³/mol. The van der Waals surface area contributed by atoms with Gasteiger partial charge in [-0.1, -0.05) is 29.5 Å². The number of imidazole rings is 1. The lowest BCUT2D eigenvalue weighted by atomic mass is 10.2. The fourth-order valence-electron chi connectivity index (χ4n) is 3.57. The van der Waals surface area contributed by atoms with Gasteiger partial charge in [-0.3, -0.25) is 4.90 Å². The molecule has 1 fully saturated rings. The number of nitrogens with one attached hydrogen (secondary N) is 2. The molecule has 1 saturated heterocycles. The summed E-state index contributed by atoms with van der Waals surface area (Å²) in [6, 6.07) is 13.8. The minimum atomic E-state index is 0.565. The van der Waals surface area contributed by atoms with Gasteiger partial charge in [-0.15, -0.1) is 5.10 Å². The number of rotatable bonds is 10. The van der Waals surface area contributed by atoms with Crippen molar-refractivity contribution in [3.05, 3.63) is 54.9 Å². The van der Waals surface area contributed by atoms with Gasteiger partial charge >= 0.3 is 0 Å². The van der Waals surface area contributed by atoms with Crippen LogP contribution in [-0.4, -0.2) is 77.0 Å². The molecule has 4 aromatic rings. The summed E-state index contributed by atoms with van der Waals surface area (Å²) >= 11 is 1.51. The summed E-state index contributed by atoms with van der Waals surface area (Å²) < 4.78 is 12.9. The summed E-state index contributed by atoms with van der Waals surface area (Å²) in [6.45, 7) is 6.73. The van der Waals surface area contributed by atoms with Crippen LogP contribution in [0, 0.1) is 0 Å². The number of fused-ring (bicyclic) bond motifs is 1. The molecule has 172 valence electrons. The number of morpholine rings is 1. The Bertz CT molecular complexity index is 1110. The molecule has 0 amide bonds. The third-order valence-electron chi connectivity index (χ3n) is 5.33. The summed E-state index contributed by atoms with van der Waals surface area (Å²) in [5.41, 5.74) is 1.83. The summed E-state index contributed by atoms with van der Waals surface area (Å²) in [4.78, 5) is 12.5. The SMILES string of the molecule is c1ccc(OCCNc2nn3cc(-c4ccc(NCCN5CCOCC5)nc4)nc3s2)cc1. The fraction of sp³-hybridized carbons (Fsp3) is 0.348. The van der Waals surface area contributed by atoms with Crippen molar-refractivity contribution >= 4 is 27.2 Å². The maximum absolute atomic E-state index is 5.70. The molecule has 0 radical (unpaired) electrons. The number of nitrogens with zero attached hydrogens (tertiary/aromatic N) is 5. The fourth-order valence-corrected chi connectivity index (χ4v) is 4.38. The molecule has 0 aliphatic carbocycles. The molecule has 1 aliphatic rings. The molecule has 4 heterocycles. The summed E-state index contributed by atoms with van der Waals surface area (Å²) in [5.74, 6) is 1.74. The van der Waals surface area contributed by atoms with E-state index in [0.29, 0.717) is 13.2 Å². The number of ether oxygens (including phenoxy) is 2. The van der Waals surface area contributed by atoms with Gasteiger partial charge in [-0.25, -0.2) is 14.5 Å². The quantitative estimate of drug-likeness (QED) is 0.346. The summed E-state index contributed by atoms with van der Waals surface area (Å²) in [6.07, 6.45) is 3.78. The zero-order chi connectivity index (χ0) is 22.3. The van der Waals surface area contributed by atoms with Crippen molar-refractivity contribution in [3.63, 3.8) is 0 Å². The smallest absolute Gasteiger partial charge is 0.214 e. The molecule has 33 heavy (non-hydrogen) atoms. The van der Waals surface area contributed by atoms with Crippen LogP contribution in [-0.2, 0) is 4.74 Å². The highest BCUT2D eigenvalue weighted by molar-refractivity contribution is 7.20. The van der Waals surface area contributed by atoms with Crippen LogP contribution in [0.1, 0.15) is 0 Å². The van der Waals surface area contributed by atoms with Crippen LogP contribution in [0.25, 0.3) is 16.2 Å². The molecule has 0 unspecified atom stereocenters. The monoisotopic (exact) mass is 465 g/mol. The maximum Gasteiger partial charge on any atom is 0.214 e. The van der Waals surface area contributed by atoms with Gasteiger partial charge in [0.15, 0.2) is 0 Å². The van der Waals surface area contributed by atoms with Crippen molar-refractivity contribution in [2.75, 3.05) is 63.2 Å². The van der Waals surface area contributed by atoms with Crippen molar-refractivity contribution in [2.45, 2.75) is 0 Å². The number of para-hydroxylation sites is 1. The zero-order valence-electron chi connectivity index (χ0n) is 18.3. The molecule has 10 heteroatoms. The van der Waals surface area contributed by atoms with Crippen molar-refractivity contribution in [2.24, 2.45) is 0 Å². The molecule has 0 atom stereocenters. The summed E-state index contributed by atoms with van der Waals surface area (Å²) in [7, 11) is 0. The Morgan fingerprint density at radius 1 is 1.03 bits per heavy atom. The molecule has 2 N–H and O–H groups in total. The number of benzene rings is 1. The van der Waals surface area contributed by atoms with Crippen molar-refractivity contribution in [3.8, 4) is 17.0 Å². The van der Waals surface area contributed by atoms with Crippen LogP contribution in [0.3, 0.4) is 0 Å². The Hall–Kier alpha value is -3.21. The molecule has 3 aromatic heterocycles. The van der Waals surface area contributed by atoms with Gasteiger partial charge in [-0.2, -0.15) is 0 Å². The van der Waals surface area contributed by atoms with Gasteiger partial charge in [0.1, 0.15) is 18.2 Å². The van der Waals surface area contributed by atoms with Crippen LogP contribution < -0.4 is 15.4 Å². The van der Waals surface area contributed by atoms with Crippen LogP contribution in [0.4, 0.5) is 10.9 Å². The van der Waals surface area contributed by atoms with E-state index in [1.807, 2.05) is 54.9 Å². The number of aromatic nitrogens is 4. The van der Waals surface area contributed by atoms with Gasteiger partial charge < -0.3 is 20.1 Å². The van der Waals surface area contributed by atoms with E-state index in [2.05, 4.69) is 25.6 Å². The van der Waals surface area contributed by atoms with E-state index in [1.54, 1.807) is 4.52 Å². The topological polar surface area (TPSA) is 88.8 Å². The lowest BCUT2D eigenvalue weighted by Gasteiger charge is -2.26. The molecule has 1 aromatic carbocycles. The highest BCUT2D eigenvalue weighted by atomic mass is 32.1. The molecule has 1 aliphatic heterocycles. The molecule has 0 bridgehead atoms. The third-order valence-corrected chi connectivity index (χ3v) is 6.21. The zero-order valence-corrected chi connectivity index (χ0v) is 19.1. The highest BCUT2D eigenvalue weighted by Crippen LogP contribution is 2.24. The number of hydrogen-bond acceptors (Lipinski definition) is 9. The minimum Gasteiger partial charge on any atom is -0.492 e. The normalized spacial score (nSPS) is 14.4. The number of pyridine rings is 1. The highest BCUT2D eigenvalue weighted by Gasteiger charge is 2.11. The first-order valence-electron chi connectivity index (χ1n) is 11.1. The van der Waals surface area contributed by atoms with Crippen molar-refractivity contribution < 1.29 is 9.47 Å². The second kappa shape index (κ2) is 10.6.